The molecule has 1 aromatic heterocycles. The van der Waals surface area contributed by atoms with Crippen molar-refractivity contribution in [3.8, 4) is 11.3 Å². The summed E-state index contributed by atoms with van der Waals surface area (Å²) in [5, 5.41) is 11.8. The van der Waals surface area contributed by atoms with Crippen molar-refractivity contribution in [1.82, 2.24) is 24.8 Å². The maximum absolute atomic E-state index is 13.9. The van der Waals surface area contributed by atoms with Crippen LogP contribution < -0.4 is 5.32 Å². The summed E-state index contributed by atoms with van der Waals surface area (Å²) in [7, 11) is 1.32. The molecule has 1 unspecified atom stereocenters. The number of piperidine rings is 1. The molecule has 0 radical (unpaired) electrons. The summed E-state index contributed by atoms with van der Waals surface area (Å²) in [5.74, 6) is -1.21. The number of esters is 1. The van der Waals surface area contributed by atoms with Gasteiger partial charge in [0.1, 0.15) is 5.69 Å². The molecule has 0 aliphatic carbocycles. The predicted octanol–water partition coefficient (Wildman–Crippen LogP) is 6.66. The molecule has 1 atom stereocenters. The number of ether oxygens (including phenoxy) is 1. The number of para-hydroxylation sites is 1. The fraction of sp³-hybridized carbons (Fsp3) is 0.250. The number of aromatic nitrogens is 3. The van der Waals surface area contributed by atoms with E-state index >= 15 is 0 Å². The van der Waals surface area contributed by atoms with Crippen molar-refractivity contribution < 1.29 is 23.9 Å². The molecular weight excluding hydrogens is 724 g/mol. The first kappa shape index (κ1) is 34.8. The van der Waals surface area contributed by atoms with E-state index in [0.29, 0.717) is 61.3 Å². The summed E-state index contributed by atoms with van der Waals surface area (Å²) in [6.45, 7) is 3.26. The normalized spacial score (nSPS) is 15.9. The number of nitrogens with one attached hydrogen (secondary N) is 1. The number of hydrogen-bond donors (Lipinski definition) is 1. The number of amides is 3. The maximum atomic E-state index is 13.9. The van der Waals surface area contributed by atoms with Gasteiger partial charge in [0.15, 0.2) is 6.04 Å². The van der Waals surface area contributed by atoms with Crippen LogP contribution in [-0.2, 0) is 16.0 Å². The summed E-state index contributed by atoms with van der Waals surface area (Å²) in [5.41, 5.74) is 6.05. The van der Waals surface area contributed by atoms with Gasteiger partial charge < -0.3 is 19.9 Å². The molecule has 52 heavy (non-hydrogen) atoms. The van der Waals surface area contributed by atoms with Crippen LogP contribution in [0.25, 0.3) is 11.3 Å². The molecule has 264 valence electrons. The molecule has 1 fully saturated rings. The number of benzene rings is 4. The van der Waals surface area contributed by atoms with Gasteiger partial charge in [-0.05, 0) is 91.4 Å². The highest BCUT2D eigenvalue weighted by Gasteiger charge is 2.37. The Balaban J connectivity index is 1.00. The Kier molecular flexibility index (Phi) is 9.99. The number of halogens is 1. The van der Waals surface area contributed by atoms with E-state index in [1.54, 1.807) is 29.2 Å². The Labute approximate surface area is 309 Å². The van der Waals surface area contributed by atoms with Gasteiger partial charge in [0, 0.05) is 52.0 Å². The standard InChI is InChI=1S/C40H37BrN6O5/c1-25-11-12-27(22-33(25)37(48)42-31-9-4-3-5-10-31)35-24-47(44-43-35)32-16-18-45(19-17-32)38(49)28-7-6-8-29(21-28)39(50)46-20-15-26-13-14-30(41)23-34(26)36(46)40(51)52-2/h3-14,21-24,32,36H,15-20H2,1-2H3,(H,42,48). The average molecular weight is 762 g/mol. The monoisotopic (exact) mass is 760 g/mol. The van der Waals surface area contributed by atoms with E-state index in [2.05, 4.69) is 31.6 Å². The fourth-order valence-corrected chi connectivity index (χ4v) is 7.35. The molecule has 2 aliphatic heterocycles. The lowest BCUT2D eigenvalue weighted by molar-refractivity contribution is -0.146. The Bertz CT molecular complexity index is 2160. The van der Waals surface area contributed by atoms with Crippen LogP contribution in [0.4, 0.5) is 5.69 Å². The number of anilines is 1. The number of carbonyl (C=O) groups is 4. The van der Waals surface area contributed by atoms with Gasteiger partial charge in [-0.25, -0.2) is 9.48 Å². The van der Waals surface area contributed by atoms with Gasteiger partial charge in [0.2, 0.25) is 0 Å². The second-order valence-corrected chi connectivity index (χ2v) is 14.0. The Morgan fingerprint density at radius 1 is 0.846 bits per heavy atom. The van der Waals surface area contributed by atoms with Crippen LogP contribution in [0.5, 0.6) is 0 Å². The number of rotatable bonds is 7. The highest BCUT2D eigenvalue weighted by molar-refractivity contribution is 9.10. The third-order valence-electron chi connectivity index (χ3n) is 9.82. The Hall–Kier alpha value is -5.62. The van der Waals surface area contributed by atoms with Crippen LogP contribution >= 0.6 is 15.9 Å². The second kappa shape index (κ2) is 14.9. The third kappa shape index (κ3) is 7.11. The lowest BCUT2D eigenvalue weighted by atomic mass is 9.92. The van der Waals surface area contributed by atoms with E-state index in [1.165, 1.54) is 12.0 Å². The number of hydrogen-bond acceptors (Lipinski definition) is 7. The molecule has 4 aromatic carbocycles. The molecule has 0 saturated carbocycles. The van der Waals surface area contributed by atoms with Crippen LogP contribution in [0.3, 0.4) is 0 Å². The maximum Gasteiger partial charge on any atom is 0.333 e. The summed E-state index contributed by atoms with van der Waals surface area (Å²) in [6, 6.07) is 26.6. The number of carbonyl (C=O) groups excluding carboxylic acids is 4. The van der Waals surface area contributed by atoms with Crippen molar-refractivity contribution >= 4 is 45.3 Å². The van der Waals surface area contributed by atoms with E-state index in [0.717, 1.165) is 32.4 Å². The summed E-state index contributed by atoms with van der Waals surface area (Å²) in [6.07, 6.45) is 3.84. The number of nitrogens with zero attached hydrogens (tertiary/aromatic N) is 5. The van der Waals surface area contributed by atoms with E-state index in [-0.39, 0.29) is 23.8 Å². The van der Waals surface area contributed by atoms with Crippen LogP contribution in [0.15, 0.2) is 102 Å². The zero-order valence-corrected chi connectivity index (χ0v) is 30.4. The van der Waals surface area contributed by atoms with Crippen molar-refractivity contribution in [2.24, 2.45) is 0 Å². The van der Waals surface area contributed by atoms with Crippen LogP contribution in [0, 0.1) is 6.92 Å². The van der Waals surface area contributed by atoms with Gasteiger partial charge >= 0.3 is 5.97 Å². The summed E-state index contributed by atoms with van der Waals surface area (Å²) in [4.78, 5) is 56.9. The molecule has 12 heteroatoms. The molecule has 7 rings (SSSR count). The average Bonchev–Trinajstić information content (AvgIpc) is 3.68. The number of likely N-dealkylation sites (tertiary alicyclic amines) is 1. The number of aryl methyl sites for hydroxylation is 1. The fourth-order valence-electron chi connectivity index (χ4n) is 6.97. The zero-order valence-electron chi connectivity index (χ0n) is 28.8. The summed E-state index contributed by atoms with van der Waals surface area (Å²) < 4.78 is 7.76. The largest absolute Gasteiger partial charge is 0.467 e. The van der Waals surface area contributed by atoms with Gasteiger partial charge in [-0.1, -0.05) is 63.6 Å². The van der Waals surface area contributed by atoms with Gasteiger partial charge in [0.25, 0.3) is 17.7 Å². The van der Waals surface area contributed by atoms with Crippen molar-refractivity contribution in [3.63, 3.8) is 0 Å². The minimum atomic E-state index is -0.887. The molecule has 0 bridgehead atoms. The molecule has 5 aromatic rings. The highest BCUT2D eigenvalue weighted by atomic mass is 79.9. The van der Waals surface area contributed by atoms with Gasteiger partial charge in [0.05, 0.1) is 19.3 Å². The molecule has 1 saturated heterocycles. The second-order valence-electron chi connectivity index (χ2n) is 13.1. The van der Waals surface area contributed by atoms with E-state index < -0.39 is 12.0 Å². The van der Waals surface area contributed by atoms with Crippen LogP contribution in [0.2, 0.25) is 0 Å². The first-order valence-corrected chi connectivity index (χ1v) is 17.9. The van der Waals surface area contributed by atoms with Crippen molar-refractivity contribution in [2.75, 3.05) is 32.1 Å². The quantitative estimate of drug-likeness (QED) is 0.184. The first-order valence-electron chi connectivity index (χ1n) is 17.2. The topological polar surface area (TPSA) is 127 Å². The minimum absolute atomic E-state index is 0.0433. The molecule has 11 nitrogen and oxygen atoms in total. The predicted molar refractivity (Wildman–Crippen MR) is 199 cm³/mol. The first-order chi connectivity index (χ1) is 25.2. The van der Waals surface area contributed by atoms with Crippen molar-refractivity contribution in [3.05, 3.63) is 135 Å². The zero-order chi connectivity index (χ0) is 36.4. The van der Waals surface area contributed by atoms with Gasteiger partial charge in [-0.15, -0.1) is 5.10 Å². The molecule has 3 heterocycles. The lowest BCUT2D eigenvalue weighted by Gasteiger charge is -2.36. The molecule has 1 N–H and O–H groups in total. The lowest BCUT2D eigenvalue weighted by Crippen LogP contribution is -2.44. The van der Waals surface area contributed by atoms with E-state index in [4.69, 9.17) is 4.74 Å². The van der Waals surface area contributed by atoms with Gasteiger partial charge in [-0.2, -0.15) is 0 Å². The molecule has 3 amide bonds. The SMILES string of the molecule is COC(=O)C1c2cc(Br)ccc2CCN1C(=O)c1cccc(C(=O)N2CCC(n3cc(-c4ccc(C)c(C(=O)Nc5ccccc5)c4)nn3)CC2)c1. The molecular formula is C40H37BrN6O5. The van der Waals surface area contributed by atoms with Crippen LogP contribution in [-0.4, -0.2) is 75.2 Å². The van der Waals surface area contributed by atoms with Gasteiger partial charge in [-0.3, -0.25) is 14.4 Å². The van der Waals surface area contributed by atoms with Crippen molar-refractivity contribution in [2.45, 2.75) is 38.3 Å². The molecule has 2 aliphatic rings. The van der Waals surface area contributed by atoms with Crippen molar-refractivity contribution in [1.29, 1.82) is 0 Å². The molecule has 0 spiro atoms. The summed E-state index contributed by atoms with van der Waals surface area (Å²) >= 11 is 3.48. The third-order valence-corrected chi connectivity index (χ3v) is 10.3. The smallest absolute Gasteiger partial charge is 0.333 e. The van der Waals surface area contributed by atoms with E-state index in [9.17, 15) is 19.2 Å². The van der Waals surface area contributed by atoms with Crippen LogP contribution in [0.1, 0.15) is 72.7 Å². The highest BCUT2D eigenvalue weighted by Crippen LogP contribution is 2.34. The number of fused-ring (bicyclic) bond motifs is 1. The minimum Gasteiger partial charge on any atom is -0.467 e. The Morgan fingerprint density at radius 2 is 1.60 bits per heavy atom. The van der Waals surface area contributed by atoms with E-state index in [1.807, 2.05) is 84.5 Å². The number of methoxy groups -OCH3 is 1. The Morgan fingerprint density at radius 3 is 2.35 bits per heavy atom.